The predicted octanol–water partition coefficient (Wildman–Crippen LogP) is 2.94. The number of aliphatic hydroxyl groups excluding tert-OH is 1. The molecule has 0 saturated carbocycles. The molecule has 0 aliphatic rings. The second-order valence-corrected chi connectivity index (χ2v) is 4.56. The van der Waals surface area contributed by atoms with Gasteiger partial charge >= 0.3 is 0 Å². The van der Waals surface area contributed by atoms with E-state index >= 15 is 0 Å². The summed E-state index contributed by atoms with van der Waals surface area (Å²) in [4.78, 5) is 7.11. The lowest BCUT2D eigenvalue weighted by atomic mass is 10.1. The zero-order chi connectivity index (χ0) is 13.1. The number of rotatable bonds is 4. The van der Waals surface area contributed by atoms with Gasteiger partial charge in [0.2, 0.25) is 0 Å². The summed E-state index contributed by atoms with van der Waals surface area (Å²) in [6.07, 6.45) is 0.983. The molecular weight excluding hydrogens is 275 g/mol. The van der Waals surface area contributed by atoms with Crippen LogP contribution in [0.2, 0.25) is 10.0 Å². The molecule has 0 aliphatic carbocycles. The quantitative estimate of drug-likeness (QED) is 0.850. The van der Waals surface area contributed by atoms with E-state index in [-0.39, 0.29) is 0 Å². The zero-order valence-corrected chi connectivity index (χ0v) is 11.2. The Morgan fingerprint density at radius 2 is 2.06 bits per heavy atom. The molecule has 1 heterocycles. The highest BCUT2D eigenvalue weighted by Crippen LogP contribution is 2.26. The summed E-state index contributed by atoms with van der Waals surface area (Å²) in [7, 11) is 1.41. The van der Waals surface area contributed by atoms with Crippen molar-refractivity contribution in [1.29, 1.82) is 0 Å². The molecule has 0 radical (unpaired) electrons. The number of hydrogen-bond acceptors (Lipinski definition) is 3. The van der Waals surface area contributed by atoms with Crippen molar-refractivity contribution < 1.29 is 9.84 Å². The second-order valence-electron chi connectivity index (χ2n) is 3.75. The summed E-state index contributed by atoms with van der Waals surface area (Å²) >= 11 is 12.2. The smallest absolute Gasteiger partial charge is 0.197 e. The van der Waals surface area contributed by atoms with E-state index in [0.717, 1.165) is 5.56 Å². The molecule has 0 aliphatic heterocycles. The van der Waals surface area contributed by atoms with Gasteiger partial charge in [-0.1, -0.05) is 29.3 Å². The first-order valence-electron chi connectivity index (χ1n) is 5.29. The Kier molecular flexibility index (Phi) is 4.24. The van der Waals surface area contributed by atoms with Crippen LogP contribution in [0.25, 0.3) is 0 Å². The van der Waals surface area contributed by atoms with Crippen LogP contribution in [-0.2, 0) is 11.2 Å². The fraction of sp³-hybridized carbons (Fsp3) is 0.250. The number of imidazole rings is 1. The molecule has 1 aromatic heterocycles. The van der Waals surface area contributed by atoms with Gasteiger partial charge in [0.15, 0.2) is 6.29 Å². The zero-order valence-electron chi connectivity index (χ0n) is 9.65. The molecule has 6 heteroatoms. The number of ether oxygens (including phenoxy) is 1. The first-order chi connectivity index (χ1) is 8.61. The Balaban J connectivity index is 2.21. The normalized spacial score (nSPS) is 12.7. The van der Waals surface area contributed by atoms with Gasteiger partial charge in [-0.05, 0) is 17.7 Å². The van der Waals surface area contributed by atoms with Gasteiger partial charge in [-0.15, -0.1) is 0 Å². The highest BCUT2D eigenvalue weighted by molar-refractivity contribution is 6.36. The van der Waals surface area contributed by atoms with E-state index in [1.165, 1.54) is 13.3 Å². The maximum atomic E-state index is 9.47. The number of H-pyrrole nitrogens is 1. The molecule has 0 amide bonds. The van der Waals surface area contributed by atoms with Gasteiger partial charge in [-0.3, -0.25) is 0 Å². The number of methoxy groups -OCH3 is 1. The number of benzene rings is 1. The SMILES string of the molecule is COC(O)c1cnc(Cc2c(Cl)cccc2Cl)[nH]1. The van der Waals surface area contributed by atoms with E-state index in [1.54, 1.807) is 18.2 Å². The molecular formula is C12H12Cl2N2O2. The average Bonchev–Trinajstić information content (AvgIpc) is 2.81. The number of aromatic nitrogens is 2. The van der Waals surface area contributed by atoms with Crippen LogP contribution in [0.3, 0.4) is 0 Å². The molecule has 2 N–H and O–H groups in total. The minimum Gasteiger partial charge on any atom is -0.363 e. The molecule has 18 heavy (non-hydrogen) atoms. The van der Waals surface area contributed by atoms with Crippen molar-refractivity contribution in [2.75, 3.05) is 7.11 Å². The van der Waals surface area contributed by atoms with Gasteiger partial charge in [-0.25, -0.2) is 4.98 Å². The van der Waals surface area contributed by atoms with Gasteiger partial charge in [-0.2, -0.15) is 0 Å². The molecule has 0 bridgehead atoms. The molecule has 2 aromatic rings. The van der Waals surface area contributed by atoms with E-state index < -0.39 is 6.29 Å². The van der Waals surface area contributed by atoms with Gasteiger partial charge in [0, 0.05) is 23.6 Å². The van der Waals surface area contributed by atoms with Crippen molar-refractivity contribution in [3.05, 3.63) is 51.5 Å². The molecule has 4 nitrogen and oxygen atoms in total. The fourth-order valence-electron chi connectivity index (χ4n) is 1.59. The van der Waals surface area contributed by atoms with Gasteiger partial charge in [0.05, 0.1) is 11.9 Å². The first kappa shape index (κ1) is 13.4. The second kappa shape index (κ2) is 5.71. The van der Waals surface area contributed by atoms with Crippen molar-refractivity contribution in [3.63, 3.8) is 0 Å². The van der Waals surface area contributed by atoms with Crippen molar-refractivity contribution in [2.24, 2.45) is 0 Å². The standard InChI is InChI=1S/C12H12Cl2N2O2/c1-18-12(17)10-6-15-11(16-10)5-7-8(13)3-2-4-9(7)14/h2-4,6,12,17H,5H2,1H3,(H,15,16). The van der Waals surface area contributed by atoms with Crippen LogP contribution in [0.15, 0.2) is 24.4 Å². The monoisotopic (exact) mass is 286 g/mol. The summed E-state index contributed by atoms with van der Waals surface area (Å²) in [6.45, 7) is 0. The van der Waals surface area contributed by atoms with Crippen molar-refractivity contribution in [2.45, 2.75) is 12.7 Å². The first-order valence-corrected chi connectivity index (χ1v) is 6.05. The van der Waals surface area contributed by atoms with Crippen molar-refractivity contribution in [1.82, 2.24) is 9.97 Å². The van der Waals surface area contributed by atoms with Crippen LogP contribution in [0, 0.1) is 0 Å². The van der Waals surface area contributed by atoms with E-state index in [1.807, 2.05) is 0 Å². The summed E-state index contributed by atoms with van der Waals surface area (Å²) in [5.41, 5.74) is 1.30. The van der Waals surface area contributed by atoms with E-state index in [4.69, 9.17) is 27.9 Å². The third-order valence-electron chi connectivity index (χ3n) is 2.54. The number of aliphatic hydroxyl groups is 1. The molecule has 1 unspecified atom stereocenters. The summed E-state index contributed by atoms with van der Waals surface area (Å²) in [5.74, 6) is 0.663. The Hall–Kier alpha value is -1.07. The lowest BCUT2D eigenvalue weighted by molar-refractivity contribution is -0.0796. The third kappa shape index (κ3) is 2.84. The Labute approximate surface area is 115 Å². The van der Waals surface area contributed by atoms with Crippen molar-refractivity contribution in [3.8, 4) is 0 Å². The number of halogens is 2. The largest absolute Gasteiger partial charge is 0.363 e. The Bertz CT molecular complexity index is 522. The summed E-state index contributed by atoms with van der Waals surface area (Å²) in [5, 5.41) is 10.7. The Morgan fingerprint density at radius 1 is 1.39 bits per heavy atom. The predicted molar refractivity (Wildman–Crippen MR) is 69.8 cm³/mol. The molecule has 1 aromatic carbocycles. The summed E-state index contributed by atoms with van der Waals surface area (Å²) in [6, 6.07) is 5.34. The van der Waals surface area contributed by atoms with Crippen molar-refractivity contribution >= 4 is 23.2 Å². The van der Waals surface area contributed by atoms with Crippen LogP contribution < -0.4 is 0 Å². The molecule has 96 valence electrons. The van der Waals surface area contributed by atoms with Crippen LogP contribution in [0.4, 0.5) is 0 Å². The number of nitrogens with one attached hydrogen (secondary N) is 1. The highest BCUT2D eigenvalue weighted by Gasteiger charge is 2.12. The topological polar surface area (TPSA) is 58.1 Å². The van der Waals surface area contributed by atoms with Crippen LogP contribution in [0.1, 0.15) is 23.4 Å². The number of nitrogens with zero attached hydrogens (tertiary/aromatic N) is 1. The maximum absolute atomic E-state index is 9.47. The third-order valence-corrected chi connectivity index (χ3v) is 3.25. The van der Waals surface area contributed by atoms with Gasteiger partial charge in [0.1, 0.15) is 5.82 Å². The molecule has 0 fully saturated rings. The van der Waals surface area contributed by atoms with Crippen LogP contribution >= 0.6 is 23.2 Å². The van der Waals surface area contributed by atoms with Gasteiger partial charge < -0.3 is 14.8 Å². The molecule has 0 spiro atoms. The van der Waals surface area contributed by atoms with Gasteiger partial charge in [0.25, 0.3) is 0 Å². The Morgan fingerprint density at radius 3 is 2.67 bits per heavy atom. The van der Waals surface area contributed by atoms with E-state index in [9.17, 15) is 5.11 Å². The molecule has 2 rings (SSSR count). The molecule has 0 saturated heterocycles. The van der Waals surface area contributed by atoms with Crippen LogP contribution in [0.5, 0.6) is 0 Å². The molecule has 1 atom stereocenters. The number of aromatic amines is 1. The summed E-state index contributed by atoms with van der Waals surface area (Å²) < 4.78 is 4.78. The minimum absolute atomic E-state index is 0.467. The lowest BCUT2D eigenvalue weighted by Crippen LogP contribution is -2.00. The highest BCUT2D eigenvalue weighted by atomic mass is 35.5. The van der Waals surface area contributed by atoms with Crippen LogP contribution in [-0.4, -0.2) is 22.2 Å². The fourth-order valence-corrected chi connectivity index (χ4v) is 2.12. The van der Waals surface area contributed by atoms with E-state index in [2.05, 4.69) is 9.97 Å². The number of hydrogen-bond donors (Lipinski definition) is 2. The van der Waals surface area contributed by atoms with E-state index in [0.29, 0.717) is 28.0 Å². The maximum Gasteiger partial charge on any atom is 0.197 e. The lowest BCUT2D eigenvalue weighted by Gasteiger charge is -2.06. The minimum atomic E-state index is -1.01. The average molecular weight is 287 g/mol.